The Bertz CT molecular complexity index is 1240. The zero-order valence-corrected chi connectivity index (χ0v) is 17.2. The molecule has 3 heterocycles. The molecule has 1 aliphatic heterocycles. The van der Waals surface area contributed by atoms with Gasteiger partial charge in [0.1, 0.15) is 21.9 Å². The van der Waals surface area contributed by atoms with Gasteiger partial charge in [0, 0.05) is 40.0 Å². The van der Waals surface area contributed by atoms with Crippen LogP contribution < -0.4 is 4.74 Å². The summed E-state index contributed by atoms with van der Waals surface area (Å²) in [6.45, 7) is 0.442. The number of aromatic nitrogens is 2. The first-order valence-electron chi connectivity index (χ1n) is 9.12. The van der Waals surface area contributed by atoms with Gasteiger partial charge in [-0.05, 0) is 5.56 Å². The Labute approximate surface area is 179 Å². The number of hydrogen-bond acceptors (Lipinski definition) is 8. The summed E-state index contributed by atoms with van der Waals surface area (Å²) in [6, 6.07) is 13.2. The number of thioether (sulfide) groups is 1. The monoisotopic (exact) mass is 437 g/mol. The highest BCUT2D eigenvalue weighted by Gasteiger charge is 2.22. The minimum Gasteiger partial charge on any atom is -0.467 e. The Kier molecular flexibility index (Phi) is 5.07. The quantitative estimate of drug-likeness (QED) is 0.178. The molecule has 7 nitrogen and oxygen atoms in total. The lowest BCUT2D eigenvalue weighted by molar-refractivity contribution is -0.385. The van der Waals surface area contributed by atoms with E-state index in [4.69, 9.17) is 9.47 Å². The highest BCUT2D eigenvalue weighted by Crippen LogP contribution is 2.41. The molecule has 0 fully saturated rings. The van der Waals surface area contributed by atoms with Gasteiger partial charge in [-0.1, -0.05) is 30.3 Å². The van der Waals surface area contributed by atoms with Gasteiger partial charge in [0.05, 0.1) is 16.9 Å². The first-order chi connectivity index (χ1) is 14.7. The van der Waals surface area contributed by atoms with Gasteiger partial charge in [0.2, 0.25) is 0 Å². The van der Waals surface area contributed by atoms with Crippen LogP contribution in [0.3, 0.4) is 0 Å². The fourth-order valence-electron chi connectivity index (χ4n) is 3.43. The topological polar surface area (TPSA) is 87.4 Å². The molecule has 5 rings (SSSR count). The van der Waals surface area contributed by atoms with Gasteiger partial charge in [-0.2, -0.15) is 0 Å². The van der Waals surface area contributed by atoms with Gasteiger partial charge in [0.15, 0.2) is 6.79 Å². The molecule has 0 spiro atoms. The molecular formula is C21H15N3O4S2. The molecule has 9 heteroatoms. The van der Waals surface area contributed by atoms with Gasteiger partial charge in [-0.15, -0.1) is 23.1 Å². The van der Waals surface area contributed by atoms with Crippen LogP contribution in [0.5, 0.6) is 5.75 Å². The summed E-state index contributed by atoms with van der Waals surface area (Å²) >= 11 is 3.10. The fraction of sp³-hybridized carbons (Fsp3) is 0.143. The van der Waals surface area contributed by atoms with Crippen LogP contribution in [0.2, 0.25) is 0 Å². The molecule has 0 radical (unpaired) electrons. The SMILES string of the molecule is O=[N+]([O-])c1cc2c(c(CSc3ncnc4scc(-c5ccccc5)c34)c1)OCOC2. The number of benzene rings is 2. The predicted octanol–water partition coefficient (Wildman–Crippen LogP) is 5.43. The second-order valence-corrected chi connectivity index (χ2v) is 8.45. The summed E-state index contributed by atoms with van der Waals surface area (Å²) in [5.41, 5.74) is 3.68. The average molecular weight is 438 g/mol. The largest absolute Gasteiger partial charge is 0.467 e. The Morgan fingerprint density at radius 2 is 2.07 bits per heavy atom. The van der Waals surface area contributed by atoms with Crippen LogP contribution in [-0.4, -0.2) is 21.7 Å². The molecular weight excluding hydrogens is 422 g/mol. The maximum Gasteiger partial charge on any atom is 0.270 e. The molecule has 0 atom stereocenters. The van der Waals surface area contributed by atoms with E-state index >= 15 is 0 Å². The van der Waals surface area contributed by atoms with Crippen molar-refractivity contribution in [3.63, 3.8) is 0 Å². The molecule has 0 bridgehead atoms. The molecule has 0 saturated heterocycles. The molecule has 150 valence electrons. The van der Waals surface area contributed by atoms with Crippen LogP contribution in [0.25, 0.3) is 21.3 Å². The minimum absolute atomic E-state index is 0.0341. The van der Waals surface area contributed by atoms with Gasteiger partial charge in [0.25, 0.3) is 5.69 Å². The number of rotatable bonds is 5. The van der Waals surface area contributed by atoms with Crippen molar-refractivity contribution in [3.05, 3.63) is 75.4 Å². The average Bonchev–Trinajstić information content (AvgIpc) is 3.22. The summed E-state index contributed by atoms with van der Waals surface area (Å²) in [5, 5.41) is 15.3. The van der Waals surface area contributed by atoms with Gasteiger partial charge < -0.3 is 9.47 Å². The van der Waals surface area contributed by atoms with E-state index in [-0.39, 0.29) is 12.5 Å². The van der Waals surface area contributed by atoms with Crippen LogP contribution in [0, 0.1) is 10.1 Å². The normalized spacial score (nSPS) is 13.1. The zero-order chi connectivity index (χ0) is 20.5. The third kappa shape index (κ3) is 3.51. The maximum absolute atomic E-state index is 11.4. The van der Waals surface area contributed by atoms with Crippen molar-refractivity contribution < 1.29 is 14.4 Å². The molecule has 0 aliphatic carbocycles. The number of nitrogens with zero attached hydrogens (tertiary/aromatic N) is 3. The lowest BCUT2D eigenvalue weighted by Crippen LogP contribution is -2.13. The molecule has 30 heavy (non-hydrogen) atoms. The molecule has 1 aliphatic rings. The Morgan fingerprint density at radius 1 is 1.20 bits per heavy atom. The molecule has 2 aromatic heterocycles. The fourth-order valence-corrected chi connectivity index (χ4v) is 5.39. The van der Waals surface area contributed by atoms with E-state index in [0.717, 1.165) is 31.9 Å². The summed E-state index contributed by atoms with van der Waals surface area (Å²) in [5.74, 6) is 1.15. The minimum atomic E-state index is -0.391. The van der Waals surface area contributed by atoms with E-state index in [1.165, 1.54) is 17.8 Å². The first-order valence-corrected chi connectivity index (χ1v) is 11.0. The lowest BCUT2D eigenvalue weighted by Gasteiger charge is -2.20. The first kappa shape index (κ1) is 19.0. The third-order valence-corrected chi connectivity index (χ3v) is 6.69. The molecule has 2 aromatic carbocycles. The van der Waals surface area contributed by atoms with Crippen molar-refractivity contribution in [1.82, 2.24) is 9.97 Å². The van der Waals surface area contributed by atoms with Gasteiger partial charge in [-0.3, -0.25) is 10.1 Å². The predicted molar refractivity (Wildman–Crippen MR) is 116 cm³/mol. The van der Waals surface area contributed by atoms with Crippen molar-refractivity contribution in [3.8, 4) is 16.9 Å². The van der Waals surface area contributed by atoms with Crippen LogP contribution in [0.1, 0.15) is 11.1 Å². The van der Waals surface area contributed by atoms with Crippen molar-refractivity contribution in [1.29, 1.82) is 0 Å². The highest BCUT2D eigenvalue weighted by molar-refractivity contribution is 7.98. The summed E-state index contributed by atoms with van der Waals surface area (Å²) in [4.78, 5) is 20.8. The number of nitro benzene ring substituents is 1. The number of thiophene rings is 1. The summed E-state index contributed by atoms with van der Waals surface area (Å²) in [6.07, 6.45) is 1.56. The molecule has 0 amide bonds. The maximum atomic E-state index is 11.4. The van der Waals surface area contributed by atoms with Crippen molar-refractivity contribution in [2.45, 2.75) is 17.4 Å². The number of nitro groups is 1. The van der Waals surface area contributed by atoms with Crippen LogP contribution in [-0.2, 0) is 17.1 Å². The van der Waals surface area contributed by atoms with E-state index < -0.39 is 4.92 Å². The molecule has 0 unspecified atom stereocenters. The van der Waals surface area contributed by atoms with Crippen LogP contribution in [0.4, 0.5) is 5.69 Å². The highest BCUT2D eigenvalue weighted by atomic mass is 32.2. The molecule has 4 aromatic rings. The van der Waals surface area contributed by atoms with E-state index in [1.807, 2.05) is 18.2 Å². The molecule has 0 N–H and O–H groups in total. The Balaban J connectivity index is 1.53. The lowest BCUT2D eigenvalue weighted by atomic mass is 10.1. The third-order valence-electron chi connectivity index (χ3n) is 4.77. The Hall–Kier alpha value is -3.01. The molecule has 0 saturated carbocycles. The van der Waals surface area contributed by atoms with Crippen molar-refractivity contribution in [2.24, 2.45) is 0 Å². The number of fused-ring (bicyclic) bond motifs is 2. The van der Waals surface area contributed by atoms with Crippen molar-refractivity contribution in [2.75, 3.05) is 6.79 Å². The van der Waals surface area contributed by atoms with E-state index in [1.54, 1.807) is 23.7 Å². The zero-order valence-electron chi connectivity index (χ0n) is 15.6. The number of ether oxygens (including phenoxy) is 2. The number of hydrogen-bond donors (Lipinski definition) is 0. The Morgan fingerprint density at radius 3 is 2.90 bits per heavy atom. The standard InChI is InChI=1S/C21H15N3O4S2/c25-24(26)16-6-14-8-27-12-28-19(14)15(7-16)9-29-20-18-17(13-4-2-1-3-5-13)10-30-21(18)23-11-22-20/h1-7,10-11H,8-9,12H2. The van der Waals surface area contributed by atoms with Crippen LogP contribution >= 0.6 is 23.1 Å². The van der Waals surface area contributed by atoms with E-state index in [0.29, 0.717) is 23.7 Å². The van der Waals surface area contributed by atoms with Crippen LogP contribution in [0.15, 0.2) is 59.2 Å². The second kappa shape index (κ2) is 8.02. The van der Waals surface area contributed by atoms with E-state index in [2.05, 4.69) is 27.5 Å². The van der Waals surface area contributed by atoms with E-state index in [9.17, 15) is 10.1 Å². The summed E-state index contributed by atoms with van der Waals surface area (Å²) in [7, 11) is 0. The smallest absolute Gasteiger partial charge is 0.270 e. The summed E-state index contributed by atoms with van der Waals surface area (Å²) < 4.78 is 10.9. The van der Waals surface area contributed by atoms with Gasteiger partial charge >= 0.3 is 0 Å². The van der Waals surface area contributed by atoms with Crippen molar-refractivity contribution >= 4 is 39.0 Å². The second-order valence-electron chi connectivity index (χ2n) is 6.62. The number of non-ortho nitro benzene ring substituents is 1. The van der Waals surface area contributed by atoms with Gasteiger partial charge in [-0.25, -0.2) is 9.97 Å².